The summed E-state index contributed by atoms with van der Waals surface area (Å²) < 4.78 is 22.9. The minimum absolute atomic E-state index is 0.256. The molecule has 0 spiro atoms. The first-order chi connectivity index (χ1) is 20.1. The second kappa shape index (κ2) is 14.2. The number of carbonyl (C=O) groups excluding carboxylic acids is 1. The Labute approximate surface area is 243 Å². The molecule has 0 bridgehead atoms. The lowest BCUT2D eigenvalue weighted by Gasteiger charge is -2.24. The third-order valence-electron chi connectivity index (χ3n) is 7.88. The first-order valence-corrected chi connectivity index (χ1v) is 14.9. The van der Waals surface area contributed by atoms with Crippen LogP contribution in [0.2, 0.25) is 0 Å². The number of hydrogen-bond donors (Lipinski definition) is 1. The summed E-state index contributed by atoms with van der Waals surface area (Å²) >= 11 is 0. The summed E-state index contributed by atoms with van der Waals surface area (Å²) in [7, 11) is 0. The predicted octanol–water partition coefficient (Wildman–Crippen LogP) is 7.26. The van der Waals surface area contributed by atoms with Crippen LogP contribution in [0.5, 0.6) is 17.2 Å². The summed E-state index contributed by atoms with van der Waals surface area (Å²) in [5, 5.41) is 3.51. The number of nitrogens with one attached hydrogen (secondary N) is 1. The number of rotatable bonds is 12. The molecule has 1 fully saturated rings. The molecule has 1 atom stereocenters. The molecule has 0 aromatic heterocycles. The van der Waals surface area contributed by atoms with E-state index in [4.69, 9.17) is 18.9 Å². The molecule has 6 nitrogen and oxygen atoms in total. The van der Waals surface area contributed by atoms with E-state index in [1.165, 1.54) is 50.2 Å². The van der Waals surface area contributed by atoms with Crippen molar-refractivity contribution in [2.24, 2.45) is 5.92 Å². The highest BCUT2D eigenvalue weighted by Gasteiger charge is 2.19. The Hall–Kier alpha value is -3.77. The van der Waals surface area contributed by atoms with E-state index in [1.54, 1.807) is 0 Å². The van der Waals surface area contributed by atoms with E-state index >= 15 is 0 Å². The molecule has 216 valence electrons. The number of allylic oxidation sites excluding steroid dienone is 1. The van der Waals surface area contributed by atoms with Gasteiger partial charge < -0.3 is 24.3 Å². The van der Waals surface area contributed by atoms with Crippen LogP contribution in [-0.4, -0.2) is 38.6 Å². The Bertz CT molecular complexity index is 1310. The van der Waals surface area contributed by atoms with Gasteiger partial charge in [-0.15, -0.1) is 0 Å². The average Bonchev–Trinajstić information content (AvgIpc) is 3.48. The fourth-order valence-corrected chi connectivity index (χ4v) is 5.85. The van der Waals surface area contributed by atoms with Crippen molar-refractivity contribution in [2.75, 3.05) is 26.5 Å². The zero-order chi connectivity index (χ0) is 28.4. The van der Waals surface area contributed by atoms with Gasteiger partial charge in [-0.25, -0.2) is 0 Å². The number of hydrogen-bond acceptors (Lipinski definition) is 6. The molecule has 1 saturated carbocycles. The van der Waals surface area contributed by atoms with Crippen LogP contribution in [0.4, 0.5) is 0 Å². The number of carbonyl (C=O) groups is 1. The Balaban J connectivity index is 1.31. The van der Waals surface area contributed by atoms with Crippen molar-refractivity contribution >= 4 is 17.1 Å². The second-order valence-corrected chi connectivity index (χ2v) is 10.9. The van der Waals surface area contributed by atoms with Gasteiger partial charge in [0.1, 0.15) is 18.5 Å². The molecule has 1 aliphatic carbocycles. The number of fused-ring (bicyclic) bond motifs is 1. The third-order valence-corrected chi connectivity index (χ3v) is 7.88. The molecule has 0 radical (unpaired) electrons. The topological polar surface area (TPSA) is 66.0 Å². The summed E-state index contributed by atoms with van der Waals surface area (Å²) in [6.45, 7) is 5.74. The standard InChI is InChI=1S/C35H41NO5/c1-3-32(29-16-19-33-34(20-29)40-24-39-33)35(27-12-8-5-9-13-27)28-14-17-30(18-15-28)38-23-31(41-25(2)37)22-36-21-26-10-6-4-7-11-26/h5,8-9,12-20,26,31,36H,3-4,6-7,10-11,21-24H2,1-2H3/b35-32-. The molecule has 0 saturated heterocycles. The fourth-order valence-electron chi connectivity index (χ4n) is 5.85. The lowest BCUT2D eigenvalue weighted by molar-refractivity contribution is -0.147. The molecule has 1 N–H and O–H groups in total. The molecule has 3 aromatic carbocycles. The van der Waals surface area contributed by atoms with Gasteiger partial charge in [0.2, 0.25) is 6.79 Å². The third kappa shape index (κ3) is 7.70. The van der Waals surface area contributed by atoms with E-state index < -0.39 is 0 Å². The van der Waals surface area contributed by atoms with Gasteiger partial charge in [0, 0.05) is 13.5 Å². The minimum Gasteiger partial charge on any atom is -0.490 e. The highest BCUT2D eigenvalue weighted by molar-refractivity contribution is 5.98. The van der Waals surface area contributed by atoms with Gasteiger partial charge in [-0.05, 0) is 83.8 Å². The lowest BCUT2D eigenvalue weighted by Crippen LogP contribution is -2.37. The molecule has 1 unspecified atom stereocenters. The van der Waals surface area contributed by atoms with E-state index in [2.05, 4.69) is 60.8 Å². The van der Waals surface area contributed by atoms with Crippen LogP contribution < -0.4 is 19.5 Å². The van der Waals surface area contributed by atoms with E-state index in [9.17, 15) is 4.79 Å². The van der Waals surface area contributed by atoms with Gasteiger partial charge in [-0.2, -0.15) is 0 Å². The minimum atomic E-state index is -0.340. The van der Waals surface area contributed by atoms with Crippen molar-refractivity contribution in [1.29, 1.82) is 0 Å². The zero-order valence-corrected chi connectivity index (χ0v) is 24.2. The van der Waals surface area contributed by atoms with Crippen LogP contribution in [0.1, 0.15) is 69.1 Å². The highest BCUT2D eigenvalue weighted by atomic mass is 16.7. The van der Waals surface area contributed by atoms with E-state index in [1.807, 2.05) is 24.3 Å². The molecule has 3 aromatic rings. The van der Waals surface area contributed by atoms with Crippen LogP contribution in [0, 0.1) is 5.92 Å². The summed E-state index contributed by atoms with van der Waals surface area (Å²) in [6, 6.07) is 24.8. The smallest absolute Gasteiger partial charge is 0.303 e. The summed E-state index contributed by atoms with van der Waals surface area (Å²) in [5.74, 6) is 2.73. The maximum atomic E-state index is 11.7. The SMILES string of the molecule is CC/C(=C(\c1ccccc1)c1ccc(OCC(CNCC2CCCCC2)OC(C)=O)cc1)c1ccc2c(c1)OCO2. The lowest BCUT2D eigenvalue weighted by atomic mass is 9.88. The predicted molar refractivity (Wildman–Crippen MR) is 162 cm³/mol. The molecular weight excluding hydrogens is 514 g/mol. The Morgan fingerprint density at radius 1 is 0.902 bits per heavy atom. The van der Waals surface area contributed by atoms with Crippen molar-refractivity contribution in [3.8, 4) is 17.2 Å². The largest absolute Gasteiger partial charge is 0.490 e. The van der Waals surface area contributed by atoms with E-state index in [0.717, 1.165) is 46.9 Å². The molecule has 5 rings (SSSR count). The quantitative estimate of drug-likeness (QED) is 0.187. The molecule has 6 heteroatoms. The van der Waals surface area contributed by atoms with Crippen LogP contribution in [0.25, 0.3) is 11.1 Å². The second-order valence-electron chi connectivity index (χ2n) is 10.9. The average molecular weight is 556 g/mol. The molecular formula is C35H41NO5. The van der Waals surface area contributed by atoms with E-state index in [-0.39, 0.29) is 18.9 Å². The molecule has 1 aliphatic heterocycles. The monoisotopic (exact) mass is 555 g/mol. The first kappa shape index (κ1) is 28.7. The van der Waals surface area contributed by atoms with Crippen molar-refractivity contribution in [3.05, 3.63) is 89.5 Å². The first-order valence-electron chi connectivity index (χ1n) is 14.9. The maximum absolute atomic E-state index is 11.7. The molecule has 2 aliphatic rings. The number of esters is 1. The van der Waals surface area contributed by atoms with Gasteiger partial charge in [-0.1, -0.05) is 74.7 Å². The Kier molecular flexibility index (Phi) is 9.97. The summed E-state index contributed by atoms with van der Waals surface area (Å²) in [4.78, 5) is 11.7. The van der Waals surface area contributed by atoms with Gasteiger partial charge in [0.15, 0.2) is 11.5 Å². The van der Waals surface area contributed by atoms with Crippen molar-refractivity contribution in [3.63, 3.8) is 0 Å². The van der Waals surface area contributed by atoms with Crippen LogP contribution in [0.15, 0.2) is 72.8 Å². The maximum Gasteiger partial charge on any atom is 0.303 e. The van der Waals surface area contributed by atoms with Gasteiger partial charge in [0.25, 0.3) is 0 Å². The molecule has 0 amide bonds. The number of ether oxygens (including phenoxy) is 4. The Morgan fingerprint density at radius 3 is 2.34 bits per heavy atom. The molecule has 1 heterocycles. The van der Waals surface area contributed by atoms with Crippen molar-refractivity contribution in [1.82, 2.24) is 5.32 Å². The van der Waals surface area contributed by atoms with Gasteiger partial charge in [-0.3, -0.25) is 4.79 Å². The van der Waals surface area contributed by atoms with Gasteiger partial charge >= 0.3 is 5.97 Å². The summed E-state index contributed by atoms with van der Waals surface area (Å²) in [5.41, 5.74) is 5.75. The highest BCUT2D eigenvalue weighted by Crippen LogP contribution is 2.39. The van der Waals surface area contributed by atoms with Crippen LogP contribution >= 0.6 is 0 Å². The van der Waals surface area contributed by atoms with Gasteiger partial charge in [0.05, 0.1) is 0 Å². The fraction of sp³-hybridized carbons (Fsp3) is 0.400. The Morgan fingerprint density at radius 2 is 1.61 bits per heavy atom. The van der Waals surface area contributed by atoms with Crippen molar-refractivity contribution < 1.29 is 23.7 Å². The summed E-state index contributed by atoms with van der Waals surface area (Å²) in [6.07, 6.45) is 7.05. The van der Waals surface area contributed by atoms with E-state index in [0.29, 0.717) is 19.1 Å². The molecule has 41 heavy (non-hydrogen) atoms. The van der Waals surface area contributed by atoms with Crippen LogP contribution in [-0.2, 0) is 9.53 Å². The number of benzene rings is 3. The normalized spacial score (nSPS) is 16.1. The van der Waals surface area contributed by atoms with Crippen molar-refractivity contribution in [2.45, 2.75) is 58.5 Å². The zero-order valence-electron chi connectivity index (χ0n) is 24.2. The van der Waals surface area contributed by atoms with Crippen LogP contribution in [0.3, 0.4) is 0 Å².